The van der Waals surface area contributed by atoms with Gasteiger partial charge >= 0.3 is 0 Å². The van der Waals surface area contributed by atoms with Crippen molar-refractivity contribution in [2.24, 2.45) is 28.1 Å². The van der Waals surface area contributed by atoms with Crippen molar-refractivity contribution in [3.8, 4) is 0 Å². The molecule has 0 radical (unpaired) electrons. The van der Waals surface area contributed by atoms with Gasteiger partial charge in [-0.05, 0) is 57.3 Å². The Bertz CT molecular complexity index is 252. The van der Waals surface area contributed by atoms with Crippen molar-refractivity contribution < 1.29 is 0 Å². The molecule has 0 saturated heterocycles. The Balaban J connectivity index is 1.93. The van der Waals surface area contributed by atoms with Crippen LogP contribution in [0.25, 0.3) is 0 Å². The molecule has 3 nitrogen and oxygen atoms in total. The van der Waals surface area contributed by atoms with E-state index in [1.807, 2.05) is 0 Å². The first-order chi connectivity index (χ1) is 7.72. The maximum atomic E-state index is 4.41. The first kappa shape index (κ1) is 11.9. The molecule has 0 bridgehead atoms. The number of fused-ring (bicyclic) bond motifs is 1. The molecule has 92 valence electrons. The summed E-state index contributed by atoms with van der Waals surface area (Å²) in [4.78, 5) is 0. The standard InChI is InChI=1S/C13H25N3/c1-4-16-9-5-6-12-11(3)13(12)8-7-10(2)14-15-16/h10-13H,4-9H2,1-3H3/b15-14-/t10?,11?,12-,13+/m1/s1. The lowest BCUT2D eigenvalue weighted by Crippen LogP contribution is -2.18. The van der Waals surface area contributed by atoms with Gasteiger partial charge in [0.05, 0.1) is 6.04 Å². The second kappa shape index (κ2) is 5.15. The summed E-state index contributed by atoms with van der Waals surface area (Å²) in [5.74, 6) is 2.97. The maximum absolute atomic E-state index is 4.41. The molecule has 0 spiro atoms. The first-order valence-electron chi connectivity index (χ1n) is 6.88. The van der Waals surface area contributed by atoms with E-state index in [2.05, 4.69) is 36.1 Å². The Morgan fingerprint density at radius 2 is 1.88 bits per heavy atom. The third kappa shape index (κ3) is 2.74. The van der Waals surface area contributed by atoms with Crippen LogP contribution in [-0.4, -0.2) is 24.1 Å². The van der Waals surface area contributed by atoms with E-state index in [1.165, 1.54) is 25.7 Å². The van der Waals surface area contributed by atoms with Crippen LogP contribution in [0.5, 0.6) is 0 Å². The van der Waals surface area contributed by atoms with E-state index in [0.717, 1.165) is 30.8 Å². The Labute approximate surface area is 99.3 Å². The van der Waals surface area contributed by atoms with Gasteiger partial charge in [-0.1, -0.05) is 12.1 Å². The highest BCUT2D eigenvalue weighted by Gasteiger charge is 2.45. The molecule has 16 heavy (non-hydrogen) atoms. The second-order valence-electron chi connectivity index (χ2n) is 5.51. The topological polar surface area (TPSA) is 28.0 Å². The van der Waals surface area contributed by atoms with Gasteiger partial charge in [0.1, 0.15) is 0 Å². The molecule has 1 heterocycles. The smallest absolute Gasteiger partial charge is 0.0701 e. The number of hydrogen-bond acceptors (Lipinski definition) is 3. The molecule has 1 aliphatic carbocycles. The fraction of sp³-hybridized carbons (Fsp3) is 1.00. The van der Waals surface area contributed by atoms with Crippen LogP contribution in [-0.2, 0) is 0 Å². The quantitative estimate of drug-likeness (QED) is 0.668. The zero-order chi connectivity index (χ0) is 11.5. The molecule has 2 unspecified atom stereocenters. The van der Waals surface area contributed by atoms with Crippen LogP contribution in [0.4, 0.5) is 0 Å². The monoisotopic (exact) mass is 223 g/mol. The molecule has 3 heteroatoms. The first-order valence-corrected chi connectivity index (χ1v) is 6.88. The fourth-order valence-electron chi connectivity index (χ4n) is 3.02. The Kier molecular flexibility index (Phi) is 3.82. The lowest BCUT2D eigenvalue weighted by atomic mass is 10.1. The van der Waals surface area contributed by atoms with Crippen LogP contribution >= 0.6 is 0 Å². The zero-order valence-electron chi connectivity index (χ0n) is 10.9. The molecule has 0 aromatic rings. The highest BCUT2D eigenvalue weighted by atomic mass is 15.5. The summed E-state index contributed by atoms with van der Waals surface area (Å²) >= 11 is 0. The van der Waals surface area contributed by atoms with Gasteiger partial charge in [-0.3, -0.25) is 5.01 Å². The predicted molar refractivity (Wildman–Crippen MR) is 66.2 cm³/mol. The Morgan fingerprint density at radius 1 is 1.12 bits per heavy atom. The largest absolute Gasteiger partial charge is 0.279 e. The fourth-order valence-corrected chi connectivity index (χ4v) is 3.02. The van der Waals surface area contributed by atoms with E-state index in [-0.39, 0.29) is 0 Å². The van der Waals surface area contributed by atoms with E-state index < -0.39 is 0 Å². The molecule has 1 aliphatic heterocycles. The molecule has 1 saturated carbocycles. The van der Waals surface area contributed by atoms with Crippen LogP contribution in [0.15, 0.2) is 10.3 Å². The van der Waals surface area contributed by atoms with Crippen molar-refractivity contribution in [1.82, 2.24) is 5.01 Å². The third-order valence-corrected chi connectivity index (χ3v) is 4.37. The van der Waals surface area contributed by atoms with Crippen LogP contribution in [0.1, 0.15) is 46.5 Å². The Hall–Kier alpha value is -0.600. The molecule has 0 aromatic heterocycles. The summed E-state index contributed by atoms with van der Waals surface area (Å²) in [5.41, 5.74) is 0. The van der Waals surface area contributed by atoms with Gasteiger partial charge in [0, 0.05) is 13.1 Å². The SMILES string of the molecule is CCN1CCC[C@@H]2C(C)[C@@H]2CCC(C)/N=N\1. The summed E-state index contributed by atoms with van der Waals surface area (Å²) in [6.45, 7) is 8.84. The summed E-state index contributed by atoms with van der Waals surface area (Å²) in [6, 6.07) is 0.403. The lowest BCUT2D eigenvalue weighted by Gasteiger charge is -2.15. The van der Waals surface area contributed by atoms with Gasteiger partial charge in [-0.15, -0.1) is 0 Å². The summed E-state index contributed by atoms with van der Waals surface area (Å²) in [5, 5.41) is 10.9. The van der Waals surface area contributed by atoms with Gasteiger partial charge in [0.25, 0.3) is 0 Å². The normalized spacial score (nSPS) is 42.1. The average Bonchev–Trinajstić information content (AvgIpc) is 2.90. The van der Waals surface area contributed by atoms with Crippen molar-refractivity contribution in [1.29, 1.82) is 0 Å². The minimum absolute atomic E-state index is 0.403. The van der Waals surface area contributed by atoms with Crippen LogP contribution in [0.2, 0.25) is 0 Å². The summed E-state index contributed by atoms with van der Waals surface area (Å²) < 4.78 is 0. The number of nitrogens with zero attached hydrogens (tertiary/aromatic N) is 3. The van der Waals surface area contributed by atoms with Crippen LogP contribution in [0.3, 0.4) is 0 Å². The van der Waals surface area contributed by atoms with E-state index >= 15 is 0 Å². The van der Waals surface area contributed by atoms with Crippen molar-refractivity contribution >= 4 is 0 Å². The molecule has 0 N–H and O–H groups in total. The summed E-state index contributed by atoms with van der Waals surface area (Å²) in [7, 11) is 0. The average molecular weight is 223 g/mol. The van der Waals surface area contributed by atoms with E-state index in [1.54, 1.807) is 0 Å². The van der Waals surface area contributed by atoms with Crippen molar-refractivity contribution in [3.05, 3.63) is 0 Å². The van der Waals surface area contributed by atoms with E-state index in [4.69, 9.17) is 0 Å². The van der Waals surface area contributed by atoms with Gasteiger partial charge in [-0.2, -0.15) is 5.11 Å². The van der Waals surface area contributed by atoms with E-state index in [0.29, 0.717) is 6.04 Å². The van der Waals surface area contributed by atoms with Crippen LogP contribution in [0, 0.1) is 17.8 Å². The minimum Gasteiger partial charge on any atom is -0.279 e. The molecule has 4 atom stereocenters. The molecule has 2 rings (SSSR count). The molecule has 0 amide bonds. The van der Waals surface area contributed by atoms with E-state index in [9.17, 15) is 0 Å². The molecule has 1 fully saturated rings. The second-order valence-corrected chi connectivity index (χ2v) is 5.51. The molecular weight excluding hydrogens is 198 g/mol. The van der Waals surface area contributed by atoms with Gasteiger partial charge < -0.3 is 0 Å². The highest BCUT2D eigenvalue weighted by molar-refractivity contribution is 4.94. The maximum Gasteiger partial charge on any atom is 0.0701 e. The summed E-state index contributed by atoms with van der Waals surface area (Å²) in [6.07, 6.45) is 5.25. The van der Waals surface area contributed by atoms with Gasteiger partial charge in [0.15, 0.2) is 0 Å². The van der Waals surface area contributed by atoms with Crippen molar-refractivity contribution in [3.63, 3.8) is 0 Å². The number of hydrogen-bond donors (Lipinski definition) is 0. The van der Waals surface area contributed by atoms with Crippen LogP contribution < -0.4 is 0 Å². The predicted octanol–water partition coefficient (Wildman–Crippen LogP) is 3.52. The molecule has 0 aromatic carbocycles. The van der Waals surface area contributed by atoms with Crippen molar-refractivity contribution in [2.75, 3.05) is 13.1 Å². The van der Waals surface area contributed by atoms with Gasteiger partial charge in [-0.25, -0.2) is 0 Å². The Morgan fingerprint density at radius 3 is 2.62 bits per heavy atom. The molecular formula is C13H25N3. The van der Waals surface area contributed by atoms with Crippen molar-refractivity contribution in [2.45, 2.75) is 52.5 Å². The number of rotatable bonds is 1. The minimum atomic E-state index is 0.403. The molecule has 2 aliphatic rings. The lowest BCUT2D eigenvalue weighted by molar-refractivity contribution is 0.266. The van der Waals surface area contributed by atoms with Gasteiger partial charge in [0.2, 0.25) is 0 Å². The third-order valence-electron chi connectivity index (χ3n) is 4.37. The zero-order valence-corrected chi connectivity index (χ0v) is 10.9. The highest BCUT2D eigenvalue weighted by Crippen LogP contribution is 2.51.